The van der Waals surface area contributed by atoms with Crippen molar-refractivity contribution >= 4 is 50.2 Å². The summed E-state index contributed by atoms with van der Waals surface area (Å²) in [6.45, 7) is 3.93. The van der Waals surface area contributed by atoms with Crippen LogP contribution in [0.2, 0.25) is 4.34 Å². The van der Waals surface area contributed by atoms with Crippen LogP contribution in [0.1, 0.15) is 38.2 Å². The highest BCUT2D eigenvalue weighted by Gasteiger charge is 2.41. The van der Waals surface area contributed by atoms with Gasteiger partial charge >= 0.3 is 0 Å². The molecule has 3 N–H and O–H groups in total. The average molecular weight is 367 g/mol. The van der Waals surface area contributed by atoms with Crippen molar-refractivity contribution in [1.29, 1.82) is 0 Å². The van der Waals surface area contributed by atoms with E-state index in [0.29, 0.717) is 23.1 Å². The number of nitrogens with two attached hydrogens (primary N) is 1. The van der Waals surface area contributed by atoms with E-state index in [-0.39, 0.29) is 9.20 Å². The smallest absolute Gasteiger partial charge is 0.251 e. The average Bonchev–Trinajstić information content (AvgIpc) is 2.73. The third-order valence-corrected chi connectivity index (χ3v) is 7.98. The van der Waals surface area contributed by atoms with Crippen LogP contribution in [0.5, 0.6) is 0 Å². The highest BCUT2D eigenvalue weighted by atomic mass is 35.5. The Kier molecular flexibility index (Phi) is 5.00. The highest BCUT2D eigenvalue weighted by Crippen LogP contribution is 2.35. The fraction of sp³-hybridized carbons (Fsp3) is 0.615. The van der Waals surface area contributed by atoms with Gasteiger partial charge in [0, 0.05) is 0 Å². The quantitative estimate of drug-likeness (QED) is 0.802. The molecule has 0 spiro atoms. The summed E-state index contributed by atoms with van der Waals surface area (Å²) in [6, 6.07) is 1.58. The Balaban J connectivity index is 2.30. The Morgan fingerprint density at radius 2 is 2.10 bits per heavy atom. The van der Waals surface area contributed by atoms with Crippen molar-refractivity contribution in [3.63, 3.8) is 0 Å². The molecule has 0 radical (unpaired) electrons. The molecule has 118 valence electrons. The number of rotatable bonds is 4. The summed E-state index contributed by atoms with van der Waals surface area (Å²) in [4.78, 5) is 0.220. The standard InChI is InChI=1S/C13H19ClN2O2S3/c1-8-3-5-13(6-4-8,12(15)19)16-21(17,18)10-7-9(2)11(14)20-10/h7-8,16H,3-6H2,1-2H3,(H2,15,19). The number of hydrogen-bond donors (Lipinski definition) is 2. The number of nitrogens with one attached hydrogen (secondary N) is 1. The molecule has 0 unspecified atom stereocenters. The fourth-order valence-electron chi connectivity index (χ4n) is 2.53. The molecule has 1 aliphatic rings. The fourth-order valence-corrected chi connectivity index (χ4v) is 5.99. The molecule has 0 aromatic carbocycles. The molecule has 0 atom stereocenters. The number of aryl methyl sites for hydroxylation is 1. The van der Waals surface area contributed by atoms with E-state index in [4.69, 9.17) is 29.6 Å². The summed E-state index contributed by atoms with van der Waals surface area (Å²) in [7, 11) is -3.67. The van der Waals surface area contributed by atoms with E-state index >= 15 is 0 Å². The molecule has 1 aromatic heterocycles. The minimum atomic E-state index is -3.67. The molecule has 1 fully saturated rings. The van der Waals surface area contributed by atoms with Crippen molar-refractivity contribution in [3.05, 3.63) is 16.0 Å². The zero-order valence-electron chi connectivity index (χ0n) is 12.0. The molecule has 1 saturated carbocycles. The molecular formula is C13H19ClN2O2S3. The van der Waals surface area contributed by atoms with E-state index in [0.717, 1.165) is 29.7 Å². The highest BCUT2D eigenvalue weighted by molar-refractivity contribution is 7.91. The van der Waals surface area contributed by atoms with E-state index in [1.807, 2.05) is 0 Å². The number of halogens is 1. The monoisotopic (exact) mass is 366 g/mol. The van der Waals surface area contributed by atoms with E-state index in [9.17, 15) is 8.42 Å². The summed E-state index contributed by atoms with van der Waals surface area (Å²) in [5.41, 5.74) is 5.79. The van der Waals surface area contributed by atoms with Gasteiger partial charge in [0.15, 0.2) is 0 Å². The van der Waals surface area contributed by atoms with Gasteiger partial charge in [0.25, 0.3) is 10.0 Å². The van der Waals surface area contributed by atoms with Gasteiger partial charge in [-0.3, -0.25) is 0 Å². The molecule has 0 bridgehead atoms. The minimum Gasteiger partial charge on any atom is -0.392 e. The minimum absolute atomic E-state index is 0.208. The summed E-state index contributed by atoms with van der Waals surface area (Å²) >= 11 is 12.2. The molecule has 0 amide bonds. The van der Waals surface area contributed by atoms with Gasteiger partial charge in [-0.05, 0) is 50.2 Å². The maximum absolute atomic E-state index is 12.6. The van der Waals surface area contributed by atoms with Gasteiger partial charge in [-0.1, -0.05) is 30.7 Å². The first-order valence-corrected chi connectivity index (χ1v) is 9.85. The van der Waals surface area contributed by atoms with Crippen LogP contribution in [0.4, 0.5) is 0 Å². The van der Waals surface area contributed by atoms with E-state index in [1.54, 1.807) is 13.0 Å². The van der Waals surface area contributed by atoms with Crippen LogP contribution >= 0.6 is 35.2 Å². The predicted octanol–water partition coefficient (Wildman–Crippen LogP) is 3.22. The zero-order valence-corrected chi connectivity index (χ0v) is 15.2. The number of thiophene rings is 1. The van der Waals surface area contributed by atoms with E-state index in [2.05, 4.69) is 11.6 Å². The molecule has 1 aliphatic carbocycles. The molecular weight excluding hydrogens is 348 g/mol. The lowest BCUT2D eigenvalue weighted by Crippen LogP contribution is -2.58. The lowest BCUT2D eigenvalue weighted by molar-refractivity contribution is 0.289. The SMILES string of the molecule is Cc1cc(S(=O)(=O)NC2(C(N)=S)CCC(C)CC2)sc1Cl. The first kappa shape index (κ1) is 17.1. The number of hydrogen-bond acceptors (Lipinski definition) is 4. The second kappa shape index (κ2) is 6.12. The largest absolute Gasteiger partial charge is 0.392 e. The molecule has 8 heteroatoms. The van der Waals surface area contributed by atoms with Crippen LogP contribution in [-0.2, 0) is 10.0 Å². The summed E-state index contributed by atoms with van der Waals surface area (Å²) in [5.74, 6) is 0.565. The van der Waals surface area contributed by atoms with E-state index in [1.165, 1.54) is 0 Å². The van der Waals surface area contributed by atoms with Crippen LogP contribution in [0.25, 0.3) is 0 Å². The van der Waals surface area contributed by atoms with Gasteiger partial charge in [-0.15, -0.1) is 11.3 Å². The Bertz CT molecular complexity index is 627. The topological polar surface area (TPSA) is 72.2 Å². The van der Waals surface area contributed by atoms with Crippen molar-refractivity contribution in [2.75, 3.05) is 0 Å². The molecule has 1 heterocycles. The summed E-state index contributed by atoms with van der Waals surface area (Å²) in [5, 5.41) is 0. The van der Waals surface area contributed by atoms with Gasteiger partial charge < -0.3 is 5.73 Å². The maximum Gasteiger partial charge on any atom is 0.251 e. The van der Waals surface area contributed by atoms with Crippen molar-refractivity contribution in [2.24, 2.45) is 11.7 Å². The number of thiocarbonyl (C=S) groups is 1. The molecule has 4 nitrogen and oxygen atoms in total. The van der Waals surface area contributed by atoms with Gasteiger partial charge in [-0.25, -0.2) is 8.42 Å². The van der Waals surface area contributed by atoms with Gasteiger partial charge in [0.1, 0.15) is 4.21 Å². The molecule has 1 aromatic rings. The predicted molar refractivity (Wildman–Crippen MR) is 91.5 cm³/mol. The Morgan fingerprint density at radius 1 is 1.52 bits per heavy atom. The van der Waals surface area contributed by atoms with Crippen molar-refractivity contribution in [2.45, 2.75) is 49.3 Å². The second-order valence-corrected chi connectivity index (χ2v) is 9.76. The van der Waals surface area contributed by atoms with Crippen LogP contribution < -0.4 is 10.5 Å². The van der Waals surface area contributed by atoms with Crippen molar-refractivity contribution in [1.82, 2.24) is 4.72 Å². The molecule has 0 aliphatic heterocycles. The maximum atomic E-state index is 12.6. The molecule has 0 saturated heterocycles. The van der Waals surface area contributed by atoms with Crippen LogP contribution in [0.15, 0.2) is 10.3 Å². The summed E-state index contributed by atoms with van der Waals surface area (Å²) in [6.07, 6.45) is 3.09. The van der Waals surface area contributed by atoms with Crippen molar-refractivity contribution < 1.29 is 8.42 Å². The van der Waals surface area contributed by atoms with E-state index < -0.39 is 15.6 Å². The second-order valence-electron chi connectivity index (χ2n) is 5.76. The third kappa shape index (κ3) is 3.59. The van der Waals surface area contributed by atoms with Crippen molar-refractivity contribution in [3.8, 4) is 0 Å². The zero-order chi connectivity index (χ0) is 15.8. The Hall–Kier alpha value is -0.210. The van der Waals surface area contributed by atoms with Crippen LogP contribution in [-0.4, -0.2) is 18.9 Å². The third-order valence-electron chi connectivity index (χ3n) is 4.03. The van der Waals surface area contributed by atoms with Crippen LogP contribution in [0.3, 0.4) is 0 Å². The first-order valence-electron chi connectivity index (χ1n) is 6.76. The lowest BCUT2D eigenvalue weighted by Gasteiger charge is -2.38. The van der Waals surface area contributed by atoms with Gasteiger partial charge in [0.2, 0.25) is 0 Å². The lowest BCUT2D eigenvalue weighted by atomic mass is 9.78. The van der Waals surface area contributed by atoms with Crippen LogP contribution in [0, 0.1) is 12.8 Å². The molecule has 2 rings (SSSR count). The normalized spacial score (nSPS) is 26.7. The van der Waals surface area contributed by atoms with Gasteiger partial charge in [-0.2, -0.15) is 4.72 Å². The number of sulfonamides is 1. The Labute approximate surface area is 140 Å². The first-order chi connectivity index (χ1) is 9.66. The van der Waals surface area contributed by atoms with Gasteiger partial charge in [0.05, 0.1) is 14.9 Å². The summed E-state index contributed by atoms with van der Waals surface area (Å²) < 4.78 is 28.6. The Morgan fingerprint density at radius 3 is 2.52 bits per heavy atom. The molecule has 21 heavy (non-hydrogen) atoms.